The van der Waals surface area contributed by atoms with Crippen molar-refractivity contribution in [2.24, 2.45) is 0 Å². The molecule has 1 rings (SSSR count). The Morgan fingerprint density at radius 2 is 2.21 bits per heavy atom. The molecule has 14 heavy (non-hydrogen) atoms. The van der Waals surface area contributed by atoms with Crippen LogP contribution < -0.4 is 5.73 Å². The molecule has 0 saturated carbocycles. The summed E-state index contributed by atoms with van der Waals surface area (Å²) in [4.78, 5) is 3.78. The molecule has 0 radical (unpaired) electrons. The second-order valence-electron chi connectivity index (χ2n) is 2.64. The number of aliphatic hydroxyl groups excluding tert-OH is 1. The van der Waals surface area contributed by atoms with Gasteiger partial charge < -0.3 is 10.8 Å². The fourth-order valence-electron chi connectivity index (χ4n) is 1.09. The number of nitrogen functional groups attached to an aromatic ring is 1. The zero-order valence-corrected chi connectivity index (χ0v) is 8.76. The van der Waals surface area contributed by atoms with Crippen molar-refractivity contribution in [2.75, 3.05) is 5.73 Å². The number of hydrogen-bond acceptors (Lipinski definition) is 3. The van der Waals surface area contributed by atoms with Gasteiger partial charge >= 0.3 is 0 Å². The first-order chi connectivity index (χ1) is 6.61. The molecule has 0 aliphatic heterocycles. The lowest BCUT2D eigenvalue weighted by molar-refractivity contribution is 0.151. The summed E-state index contributed by atoms with van der Waals surface area (Å²) >= 11 is 3.13. The average molecular weight is 267 g/mol. The molecule has 0 amide bonds. The van der Waals surface area contributed by atoms with Crippen molar-refractivity contribution in [3.63, 3.8) is 0 Å². The summed E-state index contributed by atoms with van der Waals surface area (Å²) in [6.45, 7) is -0.389. The van der Waals surface area contributed by atoms with Crippen LogP contribution in [0.4, 0.5) is 14.5 Å². The molecule has 0 aliphatic carbocycles. The van der Waals surface area contributed by atoms with Crippen LogP contribution in [0.15, 0.2) is 6.20 Å². The van der Waals surface area contributed by atoms with E-state index in [4.69, 9.17) is 10.8 Å². The molecule has 1 aromatic rings. The first-order valence-corrected chi connectivity index (χ1v) is 4.95. The summed E-state index contributed by atoms with van der Waals surface area (Å²) in [7, 11) is 0. The van der Waals surface area contributed by atoms with E-state index >= 15 is 0 Å². The third-order valence-corrected chi connectivity index (χ3v) is 2.39. The molecule has 6 heteroatoms. The Morgan fingerprint density at radius 3 is 2.64 bits per heavy atom. The predicted octanol–water partition coefficient (Wildman–Crippen LogP) is 1.99. The van der Waals surface area contributed by atoms with Gasteiger partial charge in [-0.2, -0.15) is 0 Å². The number of nitrogens with zero attached hydrogens (tertiary/aromatic N) is 1. The Bertz CT molecular complexity index is 333. The van der Waals surface area contributed by atoms with E-state index in [0.29, 0.717) is 11.0 Å². The van der Waals surface area contributed by atoms with Gasteiger partial charge in [0, 0.05) is 22.8 Å². The number of aliphatic hydroxyl groups is 1. The SMILES string of the molecule is Nc1c(C(F)F)cnc(CBr)c1CO. The number of rotatable bonds is 3. The van der Waals surface area contributed by atoms with Gasteiger partial charge in [0.1, 0.15) is 0 Å². The van der Waals surface area contributed by atoms with Crippen LogP contribution in [0.5, 0.6) is 0 Å². The van der Waals surface area contributed by atoms with E-state index < -0.39 is 6.43 Å². The molecule has 3 nitrogen and oxygen atoms in total. The Kier molecular flexibility index (Phi) is 3.77. The Balaban J connectivity index is 3.27. The van der Waals surface area contributed by atoms with Gasteiger partial charge in [-0.3, -0.25) is 4.98 Å². The van der Waals surface area contributed by atoms with E-state index in [2.05, 4.69) is 20.9 Å². The molecule has 0 bridgehead atoms. The summed E-state index contributed by atoms with van der Waals surface area (Å²) in [6, 6.07) is 0. The van der Waals surface area contributed by atoms with Gasteiger partial charge in [-0.05, 0) is 0 Å². The van der Waals surface area contributed by atoms with Crippen LogP contribution in [0, 0.1) is 0 Å². The summed E-state index contributed by atoms with van der Waals surface area (Å²) in [5, 5.41) is 9.32. The van der Waals surface area contributed by atoms with Gasteiger partial charge in [0.05, 0.1) is 17.9 Å². The molecule has 1 aromatic heterocycles. The lowest BCUT2D eigenvalue weighted by atomic mass is 10.1. The van der Waals surface area contributed by atoms with Crippen LogP contribution in [0.1, 0.15) is 23.2 Å². The van der Waals surface area contributed by atoms with Crippen LogP contribution in [0.25, 0.3) is 0 Å². The second kappa shape index (κ2) is 4.65. The van der Waals surface area contributed by atoms with E-state index in [9.17, 15) is 8.78 Å². The van der Waals surface area contributed by atoms with Crippen LogP contribution in [0.2, 0.25) is 0 Å². The van der Waals surface area contributed by atoms with E-state index in [1.54, 1.807) is 0 Å². The molecule has 0 saturated heterocycles. The first-order valence-electron chi connectivity index (χ1n) is 3.82. The molecule has 0 spiro atoms. The smallest absolute Gasteiger partial charge is 0.267 e. The highest BCUT2D eigenvalue weighted by Crippen LogP contribution is 2.29. The van der Waals surface area contributed by atoms with Gasteiger partial charge in [-0.15, -0.1) is 0 Å². The van der Waals surface area contributed by atoms with Gasteiger partial charge in [0.25, 0.3) is 6.43 Å². The summed E-state index contributed by atoms with van der Waals surface area (Å²) < 4.78 is 24.7. The minimum absolute atomic E-state index is 0.0769. The third kappa shape index (κ3) is 2.01. The lowest BCUT2D eigenvalue weighted by Gasteiger charge is -2.11. The van der Waals surface area contributed by atoms with Crippen LogP contribution >= 0.6 is 15.9 Å². The number of pyridine rings is 1. The fraction of sp³-hybridized carbons (Fsp3) is 0.375. The van der Waals surface area contributed by atoms with Crippen molar-refractivity contribution < 1.29 is 13.9 Å². The number of alkyl halides is 3. The van der Waals surface area contributed by atoms with Crippen molar-refractivity contribution in [3.05, 3.63) is 23.0 Å². The minimum Gasteiger partial charge on any atom is -0.398 e. The summed E-state index contributed by atoms with van der Waals surface area (Å²) in [5.74, 6) is 0. The third-order valence-electron chi connectivity index (χ3n) is 1.86. The molecule has 0 atom stereocenters. The van der Waals surface area contributed by atoms with Crippen molar-refractivity contribution >= 4 is 21.6 Å². The molecular formula is C8H9BrF2N2O. The number of nitrogens with two attached hydrogens (primary N) is 1. The van der Waals surface area contributed by atoms with Gasteiger partial charge in [-0.1, -0.05) is 15.9 Å². The standard InChI is InChI=1S/C8H9BrF2N2O/c9-1-6-5(3-14)7(12)4(2-13-6)8(10)11/h2,8,14H,1,3H2,(H2,12,13). The number of aromatic nitrogens is 1. The first kappa shape index (κ1) is 11.3. The fourth-order valence-corrected chi connectivity index (χ4v) is 1.57. The molecule has 0 aromatic carbocycles. The zero-order valence-electron chi connectivity index (χ0n) is 7.17. The second-order valence-corrected chi connectivity index (χ2v) is 3.21. The predicted molar refractivity (Wildman–Crippen MR) is 52.2 cm³/mol. The highest BCUT2D eigenvalue weighted by Gasteiger charge is 2.17. The van der Waals surface area contributed by atoms with Gasteiger partial charge in [0.15, 0.2) is 0 Å². The topological polar surface area (TPSA) is 59.1 Å². The highest BCUT2D eigenvalue weighted by molar-refractivity contribution is 9.08. The van der Waals surface area contributed by atoms with Gasteiger partial charge in [0.2, 0.25) is 0 Å². The monoisotopic (exact) mass is 266 g/mol. The average Bonchev–Trinajstić information content (AvgIpc) is 2.16. The number of anilines is 1. The van der Waals surface area contributed by atoms with Crippen LogP contribution in [0.3, 0.4) is 0 Å². The molecule has 3 N–H and O–H groups in total. The van der Waals surface area contributed by atoms with E-state index in [1.807, 2.05) is 0 Å². The molecule has 1 heterocycles. The highest BCUT2D eigenvalue weighted by atomic mass is 79.9. The van der Waals surface area contributed by atoms with Crippen molar-refractivity contribution in [3.8, 4) is 0 Å². The van der Waals surface area contributed by atoms with Crippen LogP contribution in [-0.2, 0) is 11.9 Å². The Hall–Kier alpha value is -0.750. The normalized spacial score (nSPS) is 10.9. The van der Waals surface area contributed by atoms with Crippen molar-refractivity contribution in [1.82, 2.24) is 4.98 Å². The lowest BCUT2D eigenvalue weighted by Crippen LogP contribution is -2.06. The van der Waals surface area contributed by atoms with Crippen molar-refractivity contribution in [2.45, 2.75) is 18.4 Å². The van der Waals surface area contributed by atoms with Crippen molar-refractivity contribution in [1.29, 1.82) is 0 Å². The summed E-state index contributed by atoms with van der Waals surface area (Å²) in [5.41, 5.74) is 5.80. The maximum atomic E-state index is 12.4. The maximum Gasteiger partial charge on any atom is 0.267 e. The maximum absolute atomic E-state index is 12.4. The van der Waals surface area contributed by atoms with Crippen LogP contribution in [-0.4, -0.2) is 10.1 Å². The van der Waals surface area contributed by atoms with Gasteiger partial charge in [-0.25, -0.2) is 8.78 Å². The molecule has 0 fully saturated rings. The van der Waals surface area contributed by atoms with E-state index in [1.165, 1.54) is 0 Å². The number of hydrogen-bond donors (Lipinski definition) is 2. The largest absolute Gasteiger partial charge is 0.398 e. The molecule has 0 aliphatic rings. The minimum atomic E-state index is -2.67. The number of halogens is 3. The molecular weight excluding hydrogens is 258 g/mol. The zero-order chi connectivity index (χ0) is 10.7. The summed E-state index contributed by atoms with van der Waals surface area (Å²) in [6.07, 6.45) is -1.63. The Labute approximate surface area is 88.1 Å². The molecule has 0 unspecified atom stereocenters. The Morgan fingerprint density at radius 1 is 1.57 bits per heavy atom. The van der Waals surface area contributed by atoms with E-state index in [0.717, 1.165) is 6.20 Å². The quantitative estimate of drug-likeness (QED) is 0.823. The molecule has 78 valence electrons. The van der Waals surface area contributed by atoms with E-state index in [-0.39, 0.29) is 23.4 Å².